The number of aryl methyl sites for hydroxylation is 2. The zero-order valence-electron chi connectivity index (χ0n) is 14.0. The van der Waals surface area contributed by atoms with Gasteiger partial charge in [0.1, 0.15) is 5.82 Å². The van der Waals surface area contributed by atoms with Crippen LogP contribution in [-0.2, 0) is 14.1 Å². The number of benzene rings is 1. The van der Waals surface area contributed by atoms with Crippen LogP contribution in [0.1, 0.15) is 24.4 Å². The molecular formula is C17H18FN5O2. The van der Waals surface area contributed by atoms with Crippen LogP contribution in [-0.4, -0.2) is 25.6 Å². The molecule has 1 fully saturated rings. The predicted molar refractivity (Wildman–Crippen MR) is 92.3 cm³/mol. The third-order valence-electron chi connectivity index (χ3n) is 4.88. The monoisotopic (exact) mass is 343 g/mol. The topological polar surface area (TPSA) is 75.9 Å². The van der Waals surface area contributed by atoms with Crippen molar-refractivity contribution >= 4 is 17.1 Å². The van der Waals surface area contributed by atoms with Crippen molar-refractivity contribution in [2.75, 3.05) is 11.4 Å². The standard InChI is InChI=1S/C17H18FN5O2/c1-21-13-14(22(2)17(25)20-15(13)24)19-16(21)23-9-3-4-12(23)10-5-7-11(18)8-6-10/h5-8,12H,3-4,9H2,1-2H3,(H,20,24,25)/t12-/m0/s1. The Labute approximate surface area is 142 Å². The zero-order chi connectivity index (χ0) is 17.7. The van der Waals surface area contributed by atoms with Crippen LogP contribution in [0.4, 0.5) is 10.3 Å². The molecule has 0 unspecified atom stereocenters. The molecule has 0 aliphatic carbocycles. The summed E-state index contributed by atoms with van der Waals surface area (Å²) in [5, 5.41) is 0. The number of H-pyrrole nitrogens is 1. The molecule has 1 aromatic carbocycles. The van der Waals surface area contributed by atoms with Gasteiger partial charge >= 0.3 is 5.69 Å². The molecule has 25 heavy (non-hydrogen) atoms. The van der Waals surface area contributed by atoms with Crippen molar-refractivity contribution in [1.29, 1.82) is 0 Å². The Kier molecular flexibility index (Phi) is 3.48. The van der Waals surface area contributed by atoms with Gasteiger partial charge in [-0.2, -0.15) is 4.98 Å². The Morgan fingerprint density at radius 3 is 2.60 bits per heavy atom. The first-order chi connectivity index (χ1) is 12.0. The van der Waals surface area contributed by atoms with Crippen LogP contribution in [0.3, 0.4) is 0 Å². The lowest BCUT2D eigenvalue weighted by Gasteiger charge is -2.26. The van der Waals surface area contributed by atoms with Crippen LogP contribution >= 0.6 is 0 Å². The molecule has 4 rings (SSSR count). The summed E-state index contributed by atoms with van der Waals surface area (Å²) in [4.78, 5) is 33.0. The van der Waals surface area contributed by atoms with E-state index < -0.39 is 11.2 Å². The summed E-state index contributed by atoms with van der Waals surface area (Å²) in [6.07, 6.45) is 1.89. The number of halogens is 1. The Morgan fingerprint density at radius 1 is 1.16 bits per heavy atom. The molecule has 0 spiro atoms. The summed E-state index contributed by atoms with van der Waals surface area (Å²) < 4.78 is 16.3. The van der Waals surface area contributed by atoms with Crippen LogP contribution in [0.15, 0.2) is 33.9 Å². The highest BCUT2D eigenvalue weighted by Gasteiger charge is 2.30. The molecule has 1 N–H and O–H groups in total. The van der Waals surface area contributed by atoms with Gasteiger partial charge in [-0.05, 0) is 30.5 Å². The lowest BCUT2D eigenvalue weighted by atomic mass is 10.0. The third kappa shape index (κ3) is 2.36. The Morgan fingerprint density at radius 2 is 1.88 bits per heavy atom. The van der Waals surface area contributed by atoms with E-state index in [2.05, 4.69) is 14.9 Å². The van der Waals surface area contributed by atoms with Gasteiger partial charge < -0.3 is 9.47 Å². The van der Waals surface area contributed by atoms with E-state index >= 15 is 0 Å². The van der Waals surface area contributed by atoms with Gasteiger partial charge in [-0.3, -0.25) is 14.3 Å². The second-order valence-electron chi connectivity index (χ2n) is 6.36. The van der Waals surface area contributed by atoms with Gasteiger partial charge in [-0.1, -0.05) is 12.1 Å². The van der Waals surface area contributed by atoms with E-state index in [0.717, 1.165) is 24.9 Å². The number of aromatic nitrogens is 4. The van der Waals surface area contributed by atoms with E-state index in [1.54, 1.807) is 30.8 Å². The quantitative estimate of drug-likeness (QED) is 0.764. The summed E-state index contributed by atoms with van der Waals surface area (Å²) in [5.74, 6) is 0.367. The first-order valence-corrected chi connectivity index (χ1v) is 8.15. The number of nitrogens with one attached hydrogen (secondary N) is 1. The summed E-state index contributed by atoms with van der Waals surface area (Å²) in [7, 11) is 3.35. The third-order valence-corrected chi connectivity index (χ3v) is 4.88. The van der Waals surface area contributed by atoms with Crippen molar-refractivity contribution in [2.45, 2.75) is 18.9 Å². The van der Waals surface area contributed by atoms with Crippen LogP contribution < -0.4 is 16.1 Å². The van der Waals surface area contributed by atoms with Crippen LogP contribution in [0.5, 0.6) is 0 Å². The molecule has 3 heterocycles. The highest BCUT2D eigenvalue weighted by atomic mass is 19.1. The number of aromatic amines is 1. The van der Waals surface area contributed by atoms with Gasteiger partial charge in [0.05, 0.1) is 6.04 Å². The smallest absolute Gasteiger partial charge is 0.329 e. The van der Waals surface area contributed by atoms with Crippen molar-refractivity contribution < 1.29 is 4.39 Å². The average Bonchev–Trinajstić information content (AvgIpc) is 3.18. The van der Waals surface area contributed by atoms with Gasteiger partial charge in [-0.15, -0.1) is 0 Å². The molecule has 0 amide bonds. The van der Waals surface area contributed by atoms with Gasteiger partial charge in [-0.25, -0.2) is 9.18 Å². The van der Waals surface area contributed by atoms with Crippen molar-refractivity contribution in [2.24, 2.45) is 14.1 Å². The van der Waals surface area contributed by atoms with E-state index in [-0.39, 0.29) is 11.9 Å². The van der Waals surface area contributed by atoms with E-state index in [1.165, 1.54) is 16.7 Å². The van der Waals surface area contributed by atoms with Crippen LogP contribution in [0.2, 0.25) is 0 Å². The highest BCUT2D eigenvalue weighted by molar-refractivity contribution is 5.74. The molecule has 130 valence electrons. The van der Waals surface area contributed by atoms with E-state index in [4.69, 9.17) is 0 Å². The summed E-state index contributed by atoms with van der Waals surface area (Å²) >= 11 is 0. The Hall–Kier alpha value is -2.90. The second kappa shape index (κ2) is 5.58. The fourth-order valence-electron chi connectivity index (χ4n) is 3.59. The molecule has 1 aliphatic rings. The fraction of sp³-hybridized carbons (Fsp3) is 0.353. The largest absolute Gasteiger partial charge is 0.335 e. The molecule has 0 bridgehead atoms. The zero-order valence-corrected chi connectivity index (χ0v) is 14.0. The maximum absolute atomic E-state index is 13.2. The Bertz CT molecular complexity index is 1060. The van der Waals surface area contributed by atoms with Crippen molar-refractivity contribution in [3.8, 4) is 0 Å². The Balaban J connectivity index is 1.86. The molecule has 1 atom stereocenters. The normalized spacial score (nSPS) is 17.6. The number of imidazole rings is 1. The van der Waals surface area contributed by atoms with Gasteiger partial charge in [0, 0.05) is 20.6 Å². The molecule has 1 saturated heterocycles. The van der Waals surface area contributed by atoms with E-state index in [9.17, 15) is 14.0 Å². The summed E-state index contributed by atoms with van der Waals surface area (Å²) in [5.41, 5.74) is 0.794. The first kappa shape index (κ1) is 15.6. The number of hydrogen-bond acceptors (Lipinski definition) is 4. The SMILES string of the molecule is Cn1c(N2CCC[C@H]2c2ccc(F)cc2)nc2c1c(=O)[nH]c(=O)n2C. The number of rotatable bonds is 2. The second-order valence-corrected chi connectivity index (χ2v) is 6.36. The predicted octanol–water partition coefficient (Wildman–Crippen LogP) is 1.44. The minimum absolute atomic E-state index is 0.0622. The van der Waals surface area contributed by atoms with Gasteiger partial charge in [0.25, 0.3) is 5.56 Å². The molecule has 0 saturated carbocycles. The number of anilines is 1. The first-order valence-electron chi connectivity index (χ1n) is 8.15. The maximum Gasteiger partial charge on any atom is 0.329 e. The summed E-state index contributed by atoms with van der Waals surface area (Å²) in [6.45, 7) is 0.783. The minimum Gasteiger partial charge on any atom is -0.335 e. The van der Waals surface area contributed by atoms with Crippen molar-refractivity contribution in [3.05, 3.63) is 56.5 Å². The lowest BCUT2D eigenvalue weighted by Crippen LogP contribution is -2.29. The molecule has 0 radical (unpaired) electrons. The molecule has 7 nitrogen and oxygen atoms in total. The molecular weight excluding hydrogens is 325 g/mol. The summed E-state index contributed by atoms with van der Waals surface area (Å²) in [6, 6.07) is 6.53. The molecule has 2 aromatic heterocycles. The van der Waals surface area contributed by atoms with Crippen molar-refractivity contribution in [1.82, 2.24) is 19.1 Å². The number of fused-ring (bicyclic) bond motifs is 1. The average molecular weight is 343 g/mol. The fourth-order valence-corrected chi connectivity index (χ4v) is 3.59. The maximum atomic E-state index is 13.2. The highest BCUT2D eigenvalue weighted by Crippen LogP contribution is 2.36. The van der Waals surface area contributed by atoms with Crippen LogP contribution in [0, 0.1) is 5.82 Å². The molecule has 1 aliphatic heterocycles. The van der Waals surface area contributed by atoms with E-state index in [0.29, 0.717) is 17.1 Å². The number of hydrogen-bond donors (Lipinski definition) is 1. The minimum atomic E-state index is -0.487. The van der Waals surface area contributed by atoms with Gasteiger partial charge in [0.2, 0.25) is 5.95 Å². The van der Waals surface area contributed by atoms with Crippen LogP contribution in [0.25, 0.3) is 11.2 Å². The molecule has 8 heteroatoms. The molecule has 3 aromatic rings. The van der Waals surface area contributed by atoms with Crippen molar-refractivity contribution in [3.63, 3.8) is 0 Å². The lowest BCUT2D eigenvalue weighted by molar-refractivity contribution is 0.623. The number of nitrogens with zero attached hydrogens (tertiary/aromatic N) is 4. The van der Waals surface area contributed by atoms with Gasteiger partial charge in [0.15, 0.2) is 11.2 Å². The van der Waals surface area contributed by atoms with E-state index in [1.807, 2.05) is 0 Å².